The zero-order valence-electron chi connectivity index (χ0n) is 17.8. The summed E-state index contributed by atoms with van der Waals surface area (Å²) in [4.78, 5) is 14.9. The number of rotatable bonds is 7. The first-order valence-corrected chi connectivity index (χ1v) is 10.7. The molecule has 0 aliphatic carbocycles. The van der Waals surface area contributed by atoms with E-state index in [1.165, 1.54) is 0 Å². The molecule has 0 aromatic heterocycles. The van der Waals surface area contributed by atoms with Gasteiger partial charge in [-0.25, -0.2) is 4.79 Å². The number of nitrogens with zero attached hydrogens (tertiary/aromatic N) is 1. The van der Waals surface area contributed by atoms with Crippen molar-refractivity contribution in [3.63, 3.8) is 0 Å². The lowest BCUT2D eigenvalue weighted by molar-refractivity contribution is -0.136. The van der Waals surface area contributed by atoms with Gasteiger partial charge in [0.1, 0.15) is 19.0 Å². The summed E-state index contributed by atoms with van der Waals surface area (Å²) < 4.78 is 22.5. The molecule has 1 atom stereocenters. The van der Waals surface area contributed by atoms with E-state index in [-0.39, 0.29) is 25.3 Å². The number of benzene rings is 2. The van der Waals surface area contributed by atoms with E-state index in [0.717, 1.165) is 47.9 Å². The Bertz CT molecular complexity index is 1040. The zero-order valence-corrected chi connectivity index (χ0v) is 17.8. The molecule has 0 radical (unpaired) electrons. The first kappa shape index (κ1) is 19.8. The second-order valence-electron chi connectivity index (χ2n) is 7.77. The number of cyclic esters (lactones) is 1. The Morgan fingerprint density at radius 1 is 1.10 bits per heavy atom. The Labute approximate surface area is 181 Å². The molecule has 5 rings (SSSR count). The molecule has 3 heterocycles. The largest absolute Gasteiger partial charge is 0.492 e. The standard InChI is InChI=1S/C24H26N2O5/c1-3-26(4-2)8-9-28-16-7-5-6-15(10-16)22-17-11-20-21(31-14-30-20)12-18(17)25-19-13-29-24(27)23(19)22/h5-7,10-12,22,25H,3-4,8-9,13-14H2,1-2H3. The number of esters is 1. The summed E-state index contributed by atoms with van der Waals surface area (Å²) in [6.07, 6.45) is 0. The van der Waals surface area contributed by atoms with E-state index in [4.69, 9.17) is 18.9 Å². The minimum Gasteiger partial charge on any atom is -0.492 e. The van der Waals surface area contributed by atoms with Crippen molar-refractivity contribution in [1.29, 1.82) is 0 Å². The van der Waals surface area contributed by atoms with Gasteiger partial charge in [0.15, 0.2) is 11.5 Å². The summed E-state index contributed by atoms with van der Waals surface area (Å²) in [5.74, 6) is 1.63. The summed E-state index contributed by atoms with van der Waals surface area (Å²) in [6, 6.07) is 11.9. The van der Waals surface area contributed by atoms with E-state index in [1.807, 2.05) is 36.4 Å². The number of carbonyl (C=O) groups excluding carboxylic acids is 1. The second-order valence-corrected chi connectivity index (χ2v) is 7.77. The average molecular weight is 422 g/mol. The summed E-state index contributed by atoms with van der Waals surface area (Å²) in [7, 11) is 0. The molecule has 0 saturated heterocycles. The van der Waals surface area contributed by atoms with Crippen LogP contribution in [0.2, 0.25) is 0 Å². The van der Waals surface area contributed by atoms with Gasteiger partial charge < -0.3 is 29.2 Å². The molecule has 1 N–H and O–H groups in total. The van der Waals surface area contributed by atoms with Gasteiger partial charge in [-0.3, -0.25) is 0 Å². The van der Waals surface area contributed by atoms with Crippen molar-refractivity contribution < 1.29 is 23.7 Å². The average Bonchev–Trinajstić information content (AvgIpc) is 3.40. The van der Waals surface area contributed by atoms with Gasteiger partial charge in [0.05, 0.1) is 11.3 Å². The first-order valence-electron chi connectivity index (χ1n) is 10.7. The Morgan fingerprint density at radius 2 is 1.90 bits per heavy atom. The summed E-state index contributed by atoms with van der Waals surface area (Å²) in [5, 5.41) is 3.35. The van der Waals surface area contributed by atoms with Crippen LogP contribution in [0.1, 0.15) is 30.9 Å². The molecule has 0 amide bonds. The van der Waals surface area contributed by atoms with Gasteiger partial charge >= 0.3 is 5.97 Å². The summed E-state index contributed by atoms with van der Waals surface area (Å²) >= 11 is 0. The highest BCUT2D eigenvalue weighted by molar-refractivity contribution is 5.97. The van der Waals surface area contributed by atoms with Crippen LogP contribution >= 0.6 is 0 Å². The minimum atomic E-state index is -0.288. The van der Waals surface area contributed by atoms with Crippen molar-refractivity contribution in [2.45, 2.75) is 19.8 Å². The molecule has 3 aliphatic rings. The summed E-state index contributed by atoms with van der Waals surface area (Å²) in [6.45, 7) is 8.24. The van der Waals surface area contributed by atoms with E-state index in [9.17, 15) is 4.79 Å². The second kappa shape index (κ2) is 8.15. The van der Waals surface area contributed by atoms with E-state index >= 15 is 0 Å². The lowest BCUT2D eigenvalue weighted by Gasteiger charge is -2.27. The van der Waals surface area contributed by atoms with Gasteiger partial charge in [-0.2, -0.15) is 0 Å². The van der Waals surface area contributed by atoms with Crippen LogP contribution in [-0.2, 0) is 9.53 Å². The van der Waals surface area contributed by atoms with E-state index < -0.39 is 0 Å². The maximum absolute atomic E-state index is 12.6. The Balaban J connectivity index is 1.48. The Hall–Kier alpha value is -3.19. The third-order valence-electron chi connectivity index (χ3n) is 6.08. The number of hydrogen-bond acceptors (Lipinski definition) is 7. The van der Waals surface area contributed by atoms with E-state index in [0.29, 0.717) is 23.7 Å². The number of carbonyl (C=O) groups is 1. The van der Waals surface area contributed by atoms with Crippen molar-refractivity contribution in [3.05, 3.63) is 58.8 Å². The molecule has 7 nitrogen and oxygen atoms in total. The maximum atomic E-state index is 12.6. The highest BCUT2D eigenvalue weighted by atomic mass is 16.7. The molecule has 162 valence electrons. The fraction of sp³-hybridized carbons (Fsp3) is 0.375. The van der Waals surface area contributed by atoms with Gasteiger partial charge in [-0.1, -0.05) is 26.0 Å². The monoisotopic (exact) mass is 422 g/mol. The van der Waals surface area contributed by atoms with Crippen LogP contribution in [-0.4, -0.2) is 50.5 Å². The molecule has 7 heteroatoms. The quantitative estimate of drug-likeness (QED) is 0.685. The molecule has 2 aromatic carbocycles. The van der Waals surface area contributed by atoms with Crippen molar-refractivity contribution in [1.82, 2.24) is 4.90 Å². The predicted octanol–water partition coefficient (Wildman–Crippen LogP) is 3.50. The Morgan fingerprint density at radius 3 is 2.71 bits per heavy atom. The van der Waals surface area contributed by atoms with Crippen LogP contribution in [0.5, 0.6) is 17.2 Å². The SMILES string of the molecule is CCN(CC)CCOc1cccc(C2C3=C(COC3=O)Nc3cc4c(cc32)OCO4)c1. The highest BCUT2D eigenvalue weighted by Gasteiger charge is 2.39. The number of nitrogens with one attached hydrogen (secondary N) is 1. The van der Waals surface area contributed by atoms with Crippen molar-refractivity contribution in [2.24, 2.45) is 0 Å². The molecule has 31 heavy (non-hydrogen) atoms. The zero-order chi connectivity index (χ0) is 21.4. The number of likely N-dealkylation sites (N-methyl/N-ethyl adjacent to an activating group) is 1. The normalized spacial score (nSPS) is 18.5. The highest BCUT2D eigenvalue weighted by Crippen LogP contribution is 2.49. The number of anilines is 1. The minimum absolute atomic E-state index is 0.202. The topological polar surface area (TPSA) is 69.3 Å². The third kappa shape index (κ3) is 3.59. The molecule has 0 spiro atoms. The maximum Gasteiger partial charge on any atom is 0.337 e. The number of hydrogen-bond donors (Lipinski definition) is 1. The van der Waals surface area contributed by atoms with Crippen LogP contribution in [0.4, 0.5) is 5.69 Å². The molecule has 3 aliphatic heterocycles. The van der Waals surface area contributed by atoms with Crippen LogP contribution in [0.3, 0.4) is 0 Å². The molecule has 1 unspecified atom stereocenters. The fourth-order valence-electron chi connectivity index (χ4n) is 4.40. The van der Waals surface area contributed by atoms with Crippen molar-refractivity contribution >= 4 is 11.7 Å². The van der Waals surface area contributed by atoms with Crippen LogP contribution in [0.25, 0.3) is 0 Å². The molecule has 2 aromatic rings. The summed E-state index contributed by atoms with van der Waals surface area (Å²) in [5.41, 5.74) is 4.29. The van der Waals surface area contributed by atoms with Gasteiger partial charge in [0, 0.05) is 24.2 Å². The molecular formula is C24H26N2O5. The van der Waals surface area contributed by atoms with Crippen LogP contribution in [0, 0.1) is 0 Å². The van der Waals surface area contributed by atoms with E-state index in [1.54, 1.807) is 0 Å². The first-order chi connectivity index (χ1) is 15.2. The number of ether oxygens (including phenoxy) is 4. The Kier molecular flexibility index (Phi) is 5.19. The fourth-order valence-corrected chi connectivity index (χ4v) is 4.40. The van der Waals surface area contributed by atoms with E-state index in [2.05, 4.69) is 24.1 Å². The smallest absolute Gasteiger partial charge is 0.337 e. The number of fused-ring (bicyclic) bond motifs is 2. The van der Waals surface area contributed by atoms with Gasteiger partial charge in [0.25, 0.3) is 0 Å². The molecular weight excluding hydrogens is 396 g/mol. The lowest BCUT2D eigenvalue weighted by atomic mass is 9.81. The molecule has 0 fully saturated rings. The molecule has 0 bridgehead atoms. The third-order valence-corrected chi connectivity index (χ3v) is 6.08. The van der Waals surface area contributed by atoms with Crippen molar-refractivity contribution in [3.8, 4) is 17.2 Å². The van der Waals surface area contributed by atoms with Gasteiger partial charge in [0.2, 0.25) is 6.79 Å². The van der Waals surface area contributed by atoms with Crippen LogP contribution < -0.4 is 19.5 Å². The predicted molar refractivity (Wildman–Crippen MR) is 116 cm³/mol. The van der Waals surface area contributed by atoms with Gasteiger partial charge in [-0.05, 0) is 42.4 Å². The van der Waals surface area contributed by atoms with Crippen molar-refractivity contribution in [2.75, 3.05) is 45.0 Å². The van der Waals surface area contributed by atoms with Crippen LogP contribution in [0.15, 0.2) is 47.7 Å². The van der Waals surface area contributed by atoms with Gasteiger partial charge in [-0.15, -0.1) is 0 Å². The molecule has 0 saturated carbocycles. The lowest BCUT2D eigenvalue weighted by Crippen LogP contribution is -2.27.